The number of nitro groups is 1. The third-order valence-electron chi connectivity index (χ3n) is 1.51. The van der Waals surface area contributed by atoms with E-state index >= 15 is 0 Å². The van der Waals surface area contributed by atoms with Crippen molar-refractivity contribution in [3.63, 3.8) is 0 Å². The molecule has 0 bridgehead atoms. The second kappa shape index (κ2) is 3.65. The molecule has 1 rings (SSSR count). The predicted molar refractivity (Wildman–Crippen MR) is 47.7 cm³/mol. The zero-order valence-corrected chi connectivity index (χ0v) is 8.08. The van der Waals surface area contributed by atoms with Crippen molar-refractivity contribution >= 4 is 16.8 Å². The van der Waals surface area contributed by atoms with Gasteiger partial charge >= 0.3 is 5.82 Å². The molecular weight excluding hydrogens is 194 g/mol. The third-order valence-corrected chi connectivity index (χ3v) is 2.86. The Hall–Kier alpha value is -1.24. The van der Waals surface area contributed by atoms with Crippen LogP contribution >= 0.6 is 0 Å². The van der Waals surface area contributed by atoms with Gasteiger partial charge in [0.05, 0.1) is 5.75 Å². The van der Waals surface area contributed by atoms with Crippen LogP contribution in [-0.4, -0.2) is 23.8 Å². The van der Waals surface area contributed by atoms with Gasteiger partial charge < -0.3 is 10.1 Å². The van der Waals surface area contributed by atoms with Gasteiger partial charge in [-0.1, -0.05) is 0 Å². The fourth-order valence-electron chi connectivity index (χ4n) is 0.924. The molecule has 0 amide bonds. The van der Waals surface area contributed by atoms with Crippen molar-refractivity contribution in [1.82, 2.24) is 8.96 Å². The Kier molecular flexibility index (Phi) is 2.76. The van der Waals surface area contributed by atoms with E-state index in [1.807, 2.05) is 0 Å². The van der Waals surface area contributed by atoms with Crippen LogP contribution in [0.25, 0.3) is 0 Å². The first-order chi connectivity index (χ1) is 6.07. The normalized spacial score (nSPS) is 12.8. The van der Waals surface area contributed by atoms with Crippen molar-refractivity contribution in [3.8, 4) is 0 Å². The van der Waals surface area contributed by atoms with Gasteiger partial charge in [-0.3, -0.25) is 0 Å². The van der Waals surface area contributed by atoms with Crippen LogP contribution in [0.2, 0.25) is 0 Å². The molecule has 0 saturated heterocycles. The summed E-state index contributed by atoms with van der Waals surface area (Å²) in [7, 11) is -1.39. The van der Waals surface area contributed by atoms with Gasteiger partial charge in [0.25, 0.3) is 0 Å². The van der Waals surface area contributed by atoms with Crippen molar-refractivity contribution in [2.45, 2.75) is 13.8 Å². The number of aryl methyl sites for hydroxylation is 1. The van der Waals surface area contributed by atoms with Gasteiger partial charge in [-0.05, 0) is 11.8 Å². The van der Waals surface area contributed by atoms with Crippen LogP contribution in [0.3, 0.4) is 0 Å². The Bertz CT molecular complexity index is 360. The lowest BCUT2D eigenvalue weighted by atomic mass is 10.7. The molecule has 1 aromatic heterocycles. The fraction of sp³-hybridized carbons (Fsp3) is 0.500. The number of hydrogen-bond donors (Lipinski definition) is 0. The van der Waals surface area contributed by atoms with E-state index in [0.29, 0.717) is 11.6 Å². The summed E-state index contributed by atoms with van der Waals surface area (Å²) in [5.41, 5.74) is 0. The molecule has 0 aliphatic heterocycles. The minimum absolute atomic E-state index is 0.224. The minimum Gasteiger partial charge on any atom is -0.358 e. The van der Waals surface area contributed by atoms with Crippen LogP contribution in [0, 0.1) is 17.0 Å². The highest BCUT2D eigenvalue weighted by atomic mass is 32.2. The number of nitrogens with zero attached hydrogens (tertiary/aromatic N) is 3. The topological polar surface area (TPSA) is 78.0 Å². The highest BCUT2D eigenvalue weighted by molar-refractivity contribution is 7.83. The van der Waals surface area contributed by atoms with Gasteiger partial charge in [0, 0.05) is 6.92 Å². The van der Waals surface area contributed by atoms with E-state index in [9.17, 15) is 14.3 Å². The monoisotopic (exact) mass is 203 g/mol. The van der Waals surface area contributed by atoms with Gasteiger partial charge in [-0.2, -0.15) is 0 Å². The molecule has 13 heavy (non-hydrogen) atoms. The van der Waals surface area contributed by atoms with Crippen molar-refractivity contribution in [1.29, 1.82) is 0 Å². The van der Waals surface area contributed by atoms with Crippen molar-refractivity contribution in [3.05, 3.63) is 22.1 Å². The average molecular weight is 203 g/mol. The zero-order valence-electron chi connectivity index (χ0n) is 7.26. The first-order valence-electron chi connectivity index (χ1n) is 3.65. The standard InChI is InChI=1S/C6H9N3O3S/c1-3-13(12)8-5(2)7-4-6(8)9(10)11/h4H,3H2,1-2H3. The maximum absolute atomic E-state index is 11.4. The molecule has 72 valence electrons. The third kappa shape index (κ3) is 1.74. The van der Waals surface area contributed by atoms with Crippen molar-refractivity contribution < 1.29 is 9.13 Å². The molecule has 1 aromatic rings. The lowest BCUT2D eigenvalue weighted by molar-refractivity contribution is -0.390. The molecule has 0 spiro atoms. The predicted octanol–water partition coefficient (Wildman–Crippen LogP) is 0.631. The summed E-state index contributed by atoms with van der Waals surface area (Å²) in [4.78, 5) is 13.6. The molecule has 1 unspecified atom stereocenters. The molecule has 7 heteroatoms. The second-order valence-electron chi connectivity index (χ2n) is 2.33. The Morgan fingerprint density at radius 3 is 2.85 bits per heavy atom. The summed E-state index contributed by atoms with van der Waals surface area (Å²) in [6.07, 6.45) is 1.11. The molecule has 0 N–H and O–H groups in total. The highest BCUT2D eigenvalue weighted by Crippen LogP contribution is 2.14. The quantitative estimate of drug-likeness (QED) is 0.533. The highest BCUT2D eigenvalue weighted by Gasteiger charge is 2.21. The summed E-state index contributed by atoms with van der Waals surface area (Å²) in [5, 5.41) is 10.5. The molecular formula is C6H9N3O3S. The average Bonchev–Trinajstić information content (AvgIpc) is 2.46. The van der Waals surface area contributed by atoms with Gasteiger partial charge in [0.1, 0.15) is 6.20 Å². The van der Waals surface area contributed by atoms with Gasteiger partial charge in [-0.15, -0.1) is 3.97 Å². The van der Waals surface area contributed by atoms with Gasteiger partial charge in [-0.25, -0.2) is 9.19 Å². The van der Waals surface area contributed by atoms with Crippen molar-refractivity contribution in [2.75, 3.05) is 5.75 Å². The molecule has 1 atom stereocenters. The minimum atomic E-state index is -1.39. The summed E-state index contributed by atoms with van der Waals surface area (Å²) >= 11 is 0. The molecule has 0 radical (unpaired) electrons. The van der Waals surface area contributed by atoms with E-state index in [-0.39, 0.29) is 5.82 Å². The molecule has 0 aliphatic carbocycles. The second-order valence-corrected chi connectivity index (χ2v) is 3.91. The Morgan fingerprint density at radius 2 is 2.38 bits per heavy atom. The van der Waals surface area contributed by atoms with Crippen LogP contribution < -0.4 is 0 Å². The fourth-order valence-corrected chi connectivity index (χ4v) is 1.85. The number of aromatic nitrogens is 2. The summed E-state index contributed by atoms with van der Waals surface area (Å²) in [6, 6.07) is 0. The van der Waals surface area contributed by atoms with Crippen LogP contribution in [0.15, 0.2) is 6.20 Å². The molecule has 0 aliphatic rings. The zero-order chi connectivity index (χ0) is 10.0. The molecule has 0 fully saturated rings. The molecule has 6 nitrogen and oxygen atoms in total. The Balaban J connectivity index is 3.24. The maximum Gasteiger partial charge on any atom is 0.356 e. The van der Waals surface area contributed by atoms with Crippen LogP contribution in [0.4, 0.5) is 5.82 Å². The number of rotatable bonds is 3. The molecule has 1 heterocycles. The van der Waals surface area contributed by atoms with E-state index in [1.54, 1.807) is 13.8 Å². The molecule has 0 aromatic carbocycles. The first kappa shape index (κ1) is 9.85. The van der Waals surface area contributed by atoms with E-state index in [1.165, 1.54) is 0 Å². The summed E-state index contributed by atoms with van der Waals surface area (Å²) in [5.74, 6) is 0.502. The number of imidazole rings is 1. The lowest BCUT2D eigenvalue weighted by Crippen LogP contribution is -2.11. The van der Waals surface area contributed by atoms with Gasteiger partial charge in [0.2, 0.25) is 16.8 Å². The van der Waals surface area contributed by atoms with Crippen molar-refractivity contribution in [2.24, 2.45) is 0 Å². The van der Waals surface area contributed by atoms with E-state index in [2.05, 4.69) is 4.98 Å². The summed E-state index contributed by atoms with van der Waals surface area (Å²) < 4.78 is 12.5. The van der Waals surface area contributed by atoms with E-state index in [0.717, 1.165) is 10.2 Å². The lowest BCUT2D eigenvalue weighted by Gasteiger charge is -1.98. The summed E-state index contributed by atoms with van der Waals surface area (Å²) in [6.45, 7) is 3.28. The van der Waals surface area contributed by atoms with E-state index < -0.39 is 15.9 Å². The Morgan fingerprint density at radius 1 is 1.77 bits per heavy atom. The van der Waals surface area contributed by atoms with Crippen LogP contribution in [0.5, 0.6) is 0 Å². The Labute approximate surface area is 77.3 Å². The SMILES string of the molecule is CCS(=O)n1c([N+](=O)[O-])cnc1C. The van der Waals surface area contributed by atoms with Crippen LogP contribution in [-0.2, 0) is 11.0 Å². The largest absolute Gasteiger partial charge is 0.358 e. The van der Waals surface area contributed by atoms with Gasteiger partial charge in [0.15, 0.2) is 0 Å². The first-order valence-corrected chi connectivity index (χ1v) is 4.93. The molecule has 0 saturated carbocycles. The maximum atomic E-state index is 11.4. The number of hydrogen-bond acceptors (Lipinski definition) is 4. The smallest absolute Gasteiger partial charge is 0.356 e. The van der Waals surface area contributed by atoms with Crippen LogP contribution in [0.1, 0.15) is 12.7 Å². The van der Waals surface area contributed by atoms with E-state index in [4.69, 9.17) is 0 Å².